The molecule has 7 nitrogen and oxygen atoms in total. The maximum atomic E-state index is 13.7. The van der Waals surface area contributed by atoms with Gasteiger partial charge in [-0.2, -0.15) is 9.78 Å². The van der Waals surface area contributed by atoms with Crippen molar-refractivity contribution < 1.29 is 13.9 Å². The van der Waals surface area contributed by atoms with E-state index in [0.29, 0.717) is 58.8 Å². The fourth-order valence-electron chi connectivity index (χ4n) is 4.41. The zero-order valence-corrected chi connectivity index (χ0v) is 26.7. The van der Waals surface area contributed by atoms with Crippen molar-refractivity contribution in [2.24, 2.45) is 5.10 Å². The number of rotatable bonds is 7. The number of furan rings is 1. The van der Waals surface area contributed by atoms with E-state index in [-0.39, 0.29) is 23.0 Å². The molecular formula is C31H18BrCl4N3O4. The standard InChI is InChI=1S/C31H18BrCl4N3O4/c1-41-25-12-18(27(32)28(36)29(25)42-15-16-6-7-20(34)13-22(16)35)14-37-39-30(38-23-5-3-2-4-21(23)31(39)40)26-11-17-10-19(33)8-9-24(17)43-26/h2-14H,15H2,1H3. The average molecular weight is 718 g/mol. The first-order chi connectivity index (χ1) is 20.7. The van der Waals surface area contributed by atoms with E-state index in [2.05, 4.69) is 21.0 Å². The Morgan fingerprint density at radius 2 is 1.77 bits per heavy atom. The van der Waals surface area contributed by atoms with Crippen molar-refractivity contribution in [3.8, 4) is 23.1 Å². The van der Waals surface area contributed by atoms with Crippen molar-refractivity contribution >= 4 is 90.4 Å². The number of aromatic nitrogens is 2. The fraction of sp³-hybridized carbons (Fsp3) is 0.0645. The minimum Gasteiger partial charge on any atom is -0.493 e. The Balaban J connectivity index is 1.42. The van der Waals surface area contributed by atoms with Gasteiger partial charge in [0, 0.05) is 36.1 Å². The highest BCUT2D eigenvalue weighted by Crippen LogP contribution is 2.43. The molecule has 0 N–H and O–H groups in total. The quantitative estimate of drug-likeness (QED) is 0.154. The molecule has 0 aliphatic rings. The van der Waals surface area contributed by atoms with Crippen LogP contribution in [0.25, 0.3) is 33.5 Å². The molecule has 0 radical (unpaired) electrons. The predicted octanol–water partition coefficient (Wildman–Crippen LogP) is 9.66. The highest BCUT2D eigenvalue weighted by atomic mass is 79.9. The number of para-hydroxylation sites is 1. The van der Waals surface area contributed by atoms with Crippen molar-refractivity contribution in [2.45, 2.75) is 6.61 Å². The molecule has 0 atom stereocenters. The minimum atomic E-state index is -0.385. The number of hydrogen-bond acceptors (Lipinski definition) is 6. The molecule has 6 rings (SSSR count). The molecule has 216 valence electrons. The second-order valence-electron chi connectivity index (χ2n) is 9.26. The lowest BCUT2D eigenvalue weighted by molar-refractivity contribution is 0.284. The second kappa shape index (κ2) is 12.2. The van der Waals surface area contributed by atoms with E-state index in [1.807, 2.05) is 0 Å². The van der Waals surface area contributed by atoms with E-state index in [0.717, 1.165) is 10.9 Å². The summed E-state index contributed by atoms with van der Waals surface area (Å²) in [4.78, 5) is 18.4. The van der Waals surface area contributed by atoms with Crippen molar-refractivity contribution in [1.29, 1.82) is 0 Å². The first kappa shape index (κ1) is 29.5. The summed E-state index contributed by atoms with van der Waals surface area (Å²) in [6, 6.07) is 20.8. The SMILES string of the molecule is COc1cc(C=Nn2c(-c3cc4cc(Cl)ccc4o3)nc3ccccc3c2=O)c(Br)c(Cl)c1OCc1ccc(Cl)cc1Cl. The lowest BCUT2D eigenvalue weighted by atomic mass is 10.2. The van der Waals surface area contributed by atoms with Crippen LogP contribution >= 0.6 is 62.3 Å². The van der Waals surface area contributed by atoms with Gasteiger partial charge < -0.3 is 13.9 Å². The summed E-state index contributed by atoms with van der Waals surface area (Å²) >= 11 is 28.7. The molecule has 2 heterocycles. The summed E-state index contributed by atoms with van der Waals surface area (Å²) in [7, 11) is 1.49. The molecule has 0 aliphatic carbocycles. The molecule has 0 fully saturated rings. The van der Waals surface area contributed by atoms with Crippen molar-refractivity contribution in [1.82, 2.24) is 9.66 Å². The van der Waals surface area contributed by atoms with Gasteiger partial charge in [0.2, 0.25) is 5.82 Å². The third-order valence-electron chi connectivity index (χ3n) is 6.53. The Morgan fingerprint density at radius 3 is 2.56 bits per heavy atom. The topological polar surface area (TPSA) is 78.9 Å². The van der Waals surface area contributed by atoms with Crippen LogP contribution in [0.1, 0.15) is 11.1 Å². The molecule has 0 aliphatic heterocycles. The van der Waals surface area contributed by atoms with E-state index >= 15 is 0 Å². The second-order valence-corrected chi connectivity index (χ2v) is 11.7. The molecule has 0 saturated heterocycles. The highest BCUT2D eigenvalue weighted by molar-refractivity contribution is 9.10. The Labute approximate surface area is 273 Å². The van der Waals surface area contributed by atoms with Gasteiger partial charge in [-0.05, 0) is 70.5 Å². The van der Waals surface area contributed by atoms with Gasteiger partial charge in [-0.15, -0.1) is 0 Å². The van der Waals surface area contributed by atoms with Crippen LogP contribution in [0.5, 0.6) is 11.5 Å². The van der Waals surface area contributed by atoms with Crippen LogP contribution in [0.3, 0.4) is 0 Å². The molecule has 0 amide bonds. The van der Waals surface area contributed by atoms with Gasteiger partial charge in [0.1, 0.15) is 17.2 Å². The summed E-state index contributed by atoms with van der Waals surface area (Å²) in [5, 5.41) is 7.45. The smallest absolute Gasteiger partial charge is 0.282 e. The molecular weight excluding hydrogens is 700 g/mol. The van der Waals surface area contributed by atoms with E-state index in [4.69, 9.17) is 65.3 Å². The van der Waals surface area contributed by atoms with Crippen molar-refractivity contribution in [3.63, 3.8) is 0 Å². The van der Waals surface area contributed by atoms with E-state index in [1.165, 1.54) is 18.0 Å². The molecule has 4 aromatic carbocycles. The zero-order valence-electron chi connectivity index (χ0n) is 22.1. The van der Waals surface area contributed by atoms with E-state index < -0.39 is 0 Å². The van der Waals surface area contributed by atoms with Crippen LogP contribution < -0.4 is 15.0 Å². The van der Waals surface area contributed by atoms with Gasteiger partial charge in [0.25, 0.3) is 5.56 Å². The van der Waals surface area contributed by atoms with Gasteiger partial charge in [-0.25, -0.2) is 4.98 Å². The summed E-state index contributed by atoms with van der Waals surface area (Å²) in [6.07, 6.45) is 1.47. The maximum Gasteiger partial charge on any atom is 0.282 e. The molecule has 0 saturated carbocycles. The molecule has 0 bridgehead atoms. The first-order valence-electron chi connectivity index (χ1n) is 12.6. The van der Waals surface area contributed by atoms with Gasteiger partial charge in [-0.1, -0.05) is 64.6 Å². The number of hydrogen-bond donors (Lipinski definition) is 0. The largest absolute Gasteiger partial charge is 0.493 e. The van der Waals surface area contributed by atoms with Crippen LogP contribution in [-0.2, 0) is 6.61 Å². The summed E-state index contributed by atoms with van der Waals surface area (Å²) in [5.74, 6) is 1.20. The van der Waals surface area contributed by atoms with E-state index in [9.17, 15) is 4.79 Å². The summed E-state index contributed by atoms with van der Waals surface area (Å²) in [5.41, 5.74) is 1.94. The zero-order chi connectivity index (χ0) is 30.2. The Bertz CT molecular complexity index is 2130. The number of methoxy groups -OCH3 is 1. The number of fused-ring (bicyclic) bond motifs is 2. The monoisotopic (exact) mass is 715 g/mol. The number of benzene rings is 4. The Hall–Kier alpha value is -3.53. The lowest BCUT2D eigenvalue weighted by Gasteiger charge is -2.16. The number of halogens is 5. The van der Waals surface area contributed by atoms with Crippen LogP contribution in [-0.4, -0.2) is 23.0 Å². The predicted molar refractivity (Wildman–Crippen MR) is 176 cm³/mol. The third-order valence-corrected chi connectivity index (χ3v) is 8.79. The van der Waals surface area contributed by atoms with Crippen LogP contribution in [0, 0.1) is 0 Å². The van der Waals surface area contributed by atoms with Crippen LogP contribution in [0.2, 0.25) is 20.1 Å². The molecule has 43 heavy (non-hydrogen) atoms. The lowest BCUT2D eigenvalue weighted by Crippen LogP contribution is -2.20. The number of nitrogens with zero attached hydrogens (tertiary/aromatic N) is 3. The summed E-state index contributed by atoms with van der Waals surface area (Å²) in [6.45, 7) is 0.121. The first-order valence-corrected chi connectivity index (χ1v) is 14.9. The summed E-state index contributed by atoms with van der Waals surface area (Å²) < 4.78 is 19.3. The van der Waals surface area contributed by atoms with Crippen molar-refractivity contribution in [3.05, 3.63) is 119 Å². The molecule has 2 aromatic heterocycles. The van der Waals surface area contributed by atoms with Crippen LogP contribution in [0.15, 0.2) is 91.6 Å². The average Bonchev–Trinajstić information content (AvgIpc) is 3.42. The fourth-order valence-corrected chi connectivity index (χ4v) is 5.71. The molecule has 0 unspecified atom stereocenters. The van der Waals surface area contributed by atoms with Crippen molar-refractivity contribution in [2.75, 3.05) is 7.11 Å². The Morgan fingerprint density at radius 1 is 1.00 bits per heavy atom. The van der Waals surface area contributed by atoms with Gasteiger partial charge in [-0.3, -0.25) is 4.79 Å². The van der Waals surface area contributed by atoms with Gasteiger partial charge >= 0.3 is 0 Å². The normalized spacial score (nSPS) is 11.6. The maximum absolute atomic E-state index is 13.7. The third kappa shape index (κ3) is 5.86. The molecule has 0 spiro atoms. The van der Waals surface area contributed by atoms with Gasteiger partial charge in [0.15, 0.2) is 17.3 Å². The van der Waals surface area contributed by atoms with Crippen LogP contribution in [0.4, 0.5) is 0 Å². The highest BCUT2D eigenvalue weighted by Gasteiger charge is 2.20. The minimum absolute atomic E-state index is 0.121. The molecule has 12 heteroatoms. The number of ether oxygens (including phenoxy) is 2. The Kier molecular flexibility index (Phi) is 8.40. The van der Waals surface area contributed by atoms with E-state index in [1.54, 1.807) is 72.8 Å². The molecule has 6 aromatic rings. The van der Waals surface area contributed by atoms with Gasteiger partial charge in [0.05, 0.1) is 24.2 Å².